The van der Waals surface area contributed by atoms with Gasteiger partial charge >= 0.3 is 5.97 Å². The Labute approximate surface area is 114 Å². The quantitative estimate of drug-likeness (QED) is 0.711. The highest BCUT2D eigenvalue weighted by Crippen LogP contribution is 2.30. The third-order valence-electron chi connectivity index (χ3n) is 3.30. The Morgan fingerprint density at radius 2 is 2.11 bits per heavy atom. The van der Waals surface area contributed by atoms with Gasteiger partial charge in [0.15, 0.2) is 0 Å². The highest BCUT2D eigenvalue weighted by molar-refractivity contribution is 5.74. The van der Waals surface area contributed by atoms with Gasteiger partial charge < -0.3 is 22.5 Å². The average Bonchev–Trinajstić information content (AvgIpc) is 2.40. The van der Waals surface area contributed by atoms with Gasteiger partial charge in [-0.3, -0.25) is 4.79 Å². The smallest absolute Gasteiger partial charge is 0.309 e. The molecule has 0 bridgehead atoms. The molecule has 1 saturated heterocycles. The molecule has 2 atom stereocenters. The van der Waals surface area contributed by atoms with E-state index in [0.717, 1.165) is 19.5 Å². The maximum atomic E-state index is 11.9. The van der Waals surface area contributed by atoms with Crippen LogP contribution < -0.4 is 17.7 Å². The van der Waals surface area contributed by atoms with Crippen LogP contribution in [-0.4, -0.2) is 25.7 Å². The van der Waals surface area contributed by atoms with Gasteiger partial charge in [0.25, 0.3) is 0 Å². The van der Waals surface area contributed by atoms with Crippen molar-refractivity contribution >= 4 is 5.97 Å². The lowest BCUT2D eigenvalue weighted by molar-refractivity contribution is -0.149. The van der Waals surface area contributed by atoms with E-state index in [1.807, 2.05) is 25.1 Å². The lowest BCUT2D eigenvalue weighted by Crippen LogP contribution is -3.00. The van der Waals surface area contributed by atoms with Crippen molar-refractivity contribution in [1.82, 2.24) is 5.32 Å². The van der Waals surface area contributed by atoms with Crippen molar-refractivity contribution in [2.24, 2.45) is 5.92 Å². The summed E-state index contributed by atoms with van der Waals surface area (Å²) in [5.74, 6) is 0.186. The number of esters is 1. The summed E-state index contributed by atoms with van der Waals surface area (Å²) in [5, 5.41) is 3.35. The molecule has 2 rings (SSSR count). The number of hydrogen-bond donors (Lipinski definition) is 1. The Morgan fingerprint density at radius 1 is 1.39 bits per heavy atom. The molecule has 0 unspecified atom stereocenters. The van der Waals surface area contributed by atoms with Gasteiger partial charge in [0, 0.05) is 12.5 Å². The van der Waals surface area contributed by atoms with E-state index in [9.17, 15) is 4.79 Å². The van der Waals surface area contributed by atoms with Crippen LogP contribution in [0.4, 0.5) is 0 Å². The van der Waals surface area contributed by atoms with Gasteiger partial charge in [-0.15, -0.1) is 0 Å². The van der Waals surface area contributed by atoms with E-state index >= 15 is 0 Å². The predicted octanol–water partition coefficient (Wildman–Crippen LogP) is -1.05. The van der Waals surface area contributed by atoms with Gasteiger partial charge in [-0.05, 0) is 25.5 Å². The highest BCUT2D eigenvalue weighted by atomic mass is 35.5. The zero-order chi connectivity index (χ0) is 12.1. The van der Waals surface area contributed by atoms with Crippen LogP contribution >= 0.6 is 0 Å². The van der Waals surface area contributed by atoms with E-state index in [0.29, 0.717) is 6.61 Å². The van der Waals surface area contributed by atoms with Crippen LogP contribution in [0.25, 0.3) is 0 Å². The summed E-state index contributed by atoms with van der Waals surface area (Å²) in [6.45, 7) is 4.07. The second-order valence-electron chi connectivity index (χ2n) is 4.37. The van der Waals surface area contributed by atoms with Gasteiger partial charge in [0.2, 0.25) is 0 Å². The van der Waals surface area contributed by atoms with E-state index in [2.05, 4.69) is 17.4 Å². The molecule has 0 aliphatic carbocycles. The second kappa shape index (κ2) is 7.39. The molecule has 1 aliphatic rings. The maximum Gasteiger partial charge on any atom is 0.309 e. The molecule has 0 saturated carbocycles. The Bertz CT molecular complexity index is 369. The monoisotopic (exact) mass is 268 g/mol. The van der Waals surface area contributed by atoms with Gasteiger partial charge in [0.05, 0.1) is 12.5 Å². The molecular formula is C14H19ClNO2-. The number of piperidine rings is 1. The fourth-order valence-corrected chi connectivity index (χ4v) is 2.44. The number of halogens is 1. The van der Waals surface area contributed by atoms with E-state index in [4.69, 9.17) is 4.74 Å². The molecule has 0 spiro atoms. The first-order valence-corrected chi connectivity index (χ1v) is 6.25. The van der Waals surface area contributed by atoms with Crippen molar-refractivity contribution in [2.75, 3.05) is 19.7 Å². The molecule has 0 amide bonds. The summed E-state index contributed by atoms with van der Waals surface area (Å²) in [5.41, 5.74) is 1.22. The Kier molecular flexibility index (Phi) is 6.16. The summed E-state index contributed by atoms with van der Waals surface area (Å²) < 4.78 is 5.17. The molecular weight excluding hydrogens is 250 g/mol. The Balaban J connectivity index is 0.00000162. The molecule has 1 aliphatic heterocycles. The SMILES string of the molecule is CCOC(=O)[C@@H]1CCNC[C@@H]1c1ccccc1.[Cl-]. The first kappa shape index (κ1) is 15.0. The average molecular weight is 269 g/mol. The third kappa shape index (κ3) is 3.47. The number of ether oxygens (including phenoxy) is 1. The van der Waals surface area contributed by atoms with Crippen molar-refractivity contribution in [3.63, 3.8) is 0 Å². The number of hydrogen-bond acceptors (Lipinski definition) is 3. The molecule has 4 heteroatoms. The number of nitrogens with one attached hydrogen (secondary N) is 1. The van der Waals surface area contributed by atoms with Crippen molar-refractivity contribution in [1.29, 1.82) is 0 Å². The molecule has 0 radical (unpaired) electrons. The molecule has 1 aromatic carbocycles. The van der Waals surface area contributed by atoms with E-state index < -0.39 is 0 Å². The summed E-state index contributed by atoms with van der Waals surface area (Å²) in [4.78, 5) is 11.9. The zero-order valence-corrected chi connectivity index (χ0v) is 11.3. The van der Waals surface area contributed by atoms with Gasteiger partial charge in [0.1, 0.15) is 0 Å². The minimum absolute atomic E-state index is 0. The molecule has 1 N–H and O–H groups in total. The zero-order valence-electron chi connectivity index (χ0n) is 10.6. The number of benzene rings is 1. The Hall–Kier alpha value is -1.06. The molecule has 3 nitrogen and oxygen atoms in total. The highest BCUT2D eigenvalue weighted by Gasteiger charge is 2.32. The molecule has 1 fully saturated rings. The molecule has 1 heterocycles. The largest absolute Gasteiger partial charge is 1.00 e. The molecule has 18 heavy (non-hydrogen) atoms. The van der Waals surface area contributed by atoms with Gasteiger partial charge in [-0.25, -0.2) is 0 Å². The van der Waals surface area contributed by atoms with Gasteiger partial charge in [-0.2, -0.15) is 0 Å². The molecule has 1 aromatic rings. The fraction of sp³-hybridized carbons (Fsp3) is 0.500. The van der Waals surface area contributed by atoms with Crippen LogP contribution in [0.5, 0.6) is 0 Å². The fourth-order valence-electron chi connectivity index (χ4n) is 2.44. The van der Waals surface area contributed by atoms with Crippen molar-refractivity contribution < 1.29 is 21.9 Å². The molecule has 100 valence electrons. The Morgan fingerprint density at radius 3 is 2.78 bits per heavy atom. The number of carbonyl (C=O) groups excluding carboxylic acids is 1. The summed E-state index contributed by atoms with van der Waals surface area (Å²) in [6, 6.07) is 10.2. The second-order valence-corrected chi connectivity index (χ2v) is 4.37. The van der Waals surface area contributed by atoms with Crippen LogP contribution in [0.2, 0.25) is 0 Å². The topological polar surface area (TPSA) is 38.3 Å². The molecule has 0 aromatic heterocycles. The summed E-state index contributed by atoms with van der Waals surface area (Å²) in [6.07, 6.45) is 0.860. The normalized spacial score (nSPS) is 22.9. The standard InChI is InChI=1S/C14H19NO2.ClH/c1-2-17-14(16)12-8-9-15-10-13(12)11-6-4-3-5-7-11;/h3-7,12-13,15H,2,8-10H2,1H3;1H/p-1/t12-,13-;/m1./s1. The number of carbonyl (C=O) groups is 1. The number of rotatable bonds is 3. The van der Waals surface area contributed by atoms with E-state index in [1.54, 1.807) is 0 Å². The summed E-state index contributed by atoms with van der Waals surface area (Å²) in [7, 11) is 0. The van der Waals surface area contributed by atoms with Crippen LogP contribution in [-0.2, 0) is 9.53 Å². The van der Waals surface area contributed by atoms with Gasteiger partial charge in [-0.1, -0.05) is 30.3 Å². The summed E-state index contributed by atoms with van der Waals surface area (Å²) >= 11 is 0. The van der Waals surface area contributed by atoms with Crippen LogP contribution in [0.1, 0.15) is 24.8 Å². The van der Waals surface area contributed by atoms with Crippen LogP contribution in [0.3, 0.4) is 0 Å². The van der Waals surface area contributed by atoms with Crippen LogP contribution in [0, 0.1) is 5.92 Å². The minimum atomic E-state index is -0.0529. The lowest BCUT2D eigenvalue weighted by Gasteiger charge is -2.30. The minimum Gasteiger partial charge on any atom is -1.00 e. The van der Waals surface area contributed by atoms with Crippen LogP contribution in [0.15, 0.2) is 30.3 Å². The van der Waals surface area contributed by atoms with Crippen molar-refractivity contribution in [2.45, 2.75) is 19.3 Å². The van der Waals surface area contributed by atoms with Crippen molar-refractivity contribution in [3.8, 4) is 0 Å². The maximum absolute atomic E-state index is 11.9. The third-order valence-corrected chi connectivity index (χ3v) is 3.30. The van der Waals surface area contributed by atoms with E-state index in [1.165, 1.54) is 5.56 Å². The van der Waals surface area contributed by atoms with E-state index in [-0.39, 0.29) is 30.2 Å². The predicted molar refractivity (Wildman–Crippen MR) is 66.8 cm³/mol. The first-order chi connectivity index (χ1) is 8.33. The van der Waals surface area contributed by atoms with Crippen molar-refractivity contribution in [3.05, 3.63) is 35.9 Å². The first-order valence-electron chi connectivity index (χ1n) is 6.25. The lowest BCUT2D eigenvalue weighted by atomic mass is 9.81.